The van der Waals surface area contributed by atoms with Crippen molar-refractivity contribution in [2.75, 3.05) is 5.88 Å². The quantitative estimate of drug-likeness (QED) is 0.419. The van der Waals surface area contributed by atoms with Crippen LogP contribution in [0.4, 0.5) is 5.00 Å². The van der Waals surface area contributed by atoms with Crippen molar-refractivity contribution in [3.63, 3.8) is 0 Å². The van der Waals surface area contributed by atoms with E-state index in [0.29, 0.717) is 12.3 Å². The average molecular weight is 192 g/mol. The van der Waals surface area contributed by atoms with Gasteiger partial charge in [-0.05, 0) is 12.0 Å². The van der Waals surface area contributed by atoms with Gasteiger partial charge < -0.3 is 0 Å². The highest BCUT2D eigenvalue weighted by atomic mass is 35.5. The highest BCUT2D eigenvalue weighted by molar-refractivity contribution is 7.13. The molecule has 0 bridgehead atoms. The summed E-state index contributed by atoms with van der Waals surface area (Å²) in [6, 6.07) is 1.56. The molecule has 5 heteroatoms. The first-order valence-corrected chi connectivity index (χ1v) is 4.43. The van der Waals surface area contributed by atoms with Crippen LogP contribution in [0.15, 0.2) is 11.4 Å². The van der Waals surface area contributed by atoms with Gasteiger partial charge in [-0.2, -0.15) is 0 Å². The molecule has 0 fully saturated rings. The van der Waals surface area contributed by atoms with Gasteiger partial charge >= 0.3 is 5.00 Å². The maximum Gasteiger partial charge on any atom is 0.324 e. The zero-order chi connectivity index (χ0) is 8.27. The van der Waals surface area contributed by atoms with Gasteiger partial charge in [-0.1, -0.05) is 11.3 Å². The summed E-state index contributed by atoms with van der Waals surface area (Å²) in [5.41, 5.74) is 0.941. The van der Waals surface area contributed by atoms with Crippen molar-refractivity contribution >= 4 is 27.9 Å². The van der Waals surface area contributed by atoms with Gasteiger partial charge in [0.15, 0.2) is 0 Å². The molecule has 1 aromatic rings. The van der Waals surface area contributed by atoms with Crippen molar-refractivity contribution in [1.82, 2.24) is 0 Å². The van der Waals surface area contributed by atoms with Crippen LogP contribution in [-0.2, 0) is 6.42 Å². The Morgan fingerprint density at radius 1 is 1.73 bits per heavy atom. The Kier molecular flexibility index (Phi) is 2.84. The number of hydrogen-bond acceptors (Lipinski definition) is 3. The van der Waals surface area contributed by atoms with E-state index in [2.05, 4.69) is 0 Å². The molecule has 3 nitrogen and oxygen atoms in total. The Bertz CT molecular complexity index is 261. The number of hydrogen-bond donors (Lipinski definition) is 0. The molecule has 0 aliphatic heterocycles. The maximum absolute atomic E-state index is 10.2. The highest BCUT2D eigenvalue weighted by Gasteiger charge is 2.08. The molecule has 0 aliphatic carbocycles. The summed E-state index contributed by atoms with van der Waals surface area (Å²) >= 11 is 6.60. The maximum atomic E-state index is 10.2. The monoisotopic (exact) mass is 191 g/mol. The molecule has 1 aromatic heterocycles. The molecule has 60 valence electrons. The number of thiophene rings is 1. The smallest absolute Gasteiger partial charge is 0.258 e. The molecule has 0 radical (unpaired) electrons. The number of nitrogens with zero attached hydrogens (tertiary/aromatic N) is 1. The van der Waals surface area contributed by atoms with Gasteiger partial charge in [-0.3, -0.25) is 10.1 Å². The topological polar surface area (TPSA) is 43.1 Å². The first-order chi connectivity index (χ1) is 5.24. The van der Waals surface area contributed by atoms with E-state index in [-0.39, 0.29) is 9.92 Å². The van der Waals surface area contributed by atoms with Gasteiger partial charge in [0, 0.05) is 17.3 Å². The van der Waals surface area contributed by atoms with Crippen LogP contribution in [0.25, 0.3) is 0 Å². The Morgan fingerprint density at radius 2 is 2.45 bits per heavy atom. The lowest BCUT2D eigenvalue weighted by molar-refractivity contribution is -0.380. The van der Waals surface area contributed by atoms with Crippen molar-refractivity contribution in [2.24, 2.45) is 0 Å². The fourth-order valence-electron chi connectivity index (χ4n) is 0.699. The predicted octanol–water partition coefficient (Wildman–Crippen LogP) is 2.44. The lowest BCUT2D eigenvalue weighted by atomic mass is 10.3. The normalized spacial score (nSPS) is 9.91. The van der Waals surface area contributed by atoms with Crippen LogP contribution < -0.4 is 0 Å². The predicted molar refractivity (Wildman–Crippen MR) is 45.4 cm³/mol. The molecule has 0 aliphatic rings. The second kappa shape index (κ2) is 3.69. The average Bonchev–Trinajstić information content (AvgIpc) is 2.37. The summed E-state index contributed by atoms with van der Waals surface area (Å²) in [6.45, 7) is 0. The number of nitro groups is 1. The van der Waals surface area contributed by atoms with E-state index in [4.69, 9.17) is 11.6 Å². The van der Waals surface area contributed by atoms with E-state index in [1.165, 1.54) is 0 Å². The van der Waals surface area contributed by atoms with E-state index in [1.807, 2.05) is 0 Å². The molecule has 0 saturated carbocycles. The third-order valence-corrected chi connectivity index (χ3v) is 2.32. The van der Waals surface area contributed by atoms with Crippen LogP contribution in [0.1, 0.15) is 5.56 Å². The van der Waals surface area contributed by atoms with Crippen LogP contribution in [-0.4, -0.2) is 10.8 Å². The van der Waals surface area contributed by atoms with Crippen LogP contribution in [0.2, 0.25) is 0 Å². The van der Waals surface area contributed by atoms with Gasteiger partial charge in [-0.15, -0.1) is 11.6 Å². The lowest BCUT2D eigenvalue weighted by Crippen LogP contribution is -1.83. The minimum atomic E-state index is -0.387. The van der Waals surface area contributed by atoms with Crippen LogP contribution in [0.5, 0.6) is 0 Å². The fourth-order valence-corrected chi connectivity index (χ4v) is 1.68. The summed E-state index contributed by atoms with van der Waals surface area (Å²) in [6.07, 6.45) is 0.700. The zero-order valence-corrected chi connectivity index (χ0v) is 7.19. The van der Waals surface area contributed by atoms with E-state index in [9.17, 15) is 10.1 Å². The minimum Gasteiger partial charge on any atom is -0.258 e. The second-order valence-electron chi connectivity index (χ2n) is 1.99. The summed E-state index contributed by atoms with van der Waals surface area (Å²) < 4.78 is 0. The van der Waals surface area contributed by atoms with Crippen molar-refractivity contribution in [3.8, 4) is 0 Å². The molecule has 0 unspecified atom stereocenters. The van der Waals surface area contributed by atoms with Gasteiger partial charge in [-0.25, -0.2) is 0 Å². The SMILES string of the molecule is O=[N+]([O-])c1cc(CCCl)cs1. The van der Waals surface area contributed by atoms with Crippen LogP contribution in [0, 0.1) is 10.1 Å². The van der Waals surface area contributed by atoms with E-state index in [0.717, 1.165) is 16.9 Å². The van der Waals surface area contributed by atoms with E-state index < -0.39 is 0 Å². The van der Waals surface area contributed by atoms with E-state index >= 15 is 0 Å². The van der Waals surface area contributed by atoms with Gasteiger partial charge in [0.1, 0.15) is 0 Å². The second-order valence-corrected chi connectivity index (χ2v) is 3.26. The zero-order valence-electron chi connectivity index (χ0n) is 5.62. The van der Waals surface area contributed by atoms with Crippen molar-refractivity contribution < 1.29 is 4.92 Å². The molecule has 1 rings (SSSR count). The summed E-state index contributed by atoms with van der Waals surface area (Å²) in [5, 5.41) is 12.2. The molecule has 0 amide bonds. The molecule has 0 spiro atoms. The summed E-state index contributed by atoms with van der Waals surface area (Å²) in [5.74, 6) is 0.508. The van der Waals surface area contributed by atoms with Gasteiger partial charge in [0.2, 0.25) is 0 Å². The molecule has 0 saturated heterocycles. The minimum absolute atomic E-state index is 0.185. The van der Waals surface area contributed by atoms with Crippen molar-refractivity contribution in [1.29, 1.82) is 0 Å². The summed E-state index contributed by atoms with van der Waals surface area (Å²) in [7, 11) is 0. The van der Waals surface area contributed by atoms with E-state index in [1.54, 1.807) is 11.4 Å². The third-order valence-electron chi connectivity index (χ3n) is 1.20. The molecular weight excluding hydrogens is 186 g/mol. The third kappa shape index (κ3) is 2.17. The van der Waals surface area contributed by atoms with Crippen molar-refractivity contribution in [2.45, 2.75) is 6.42 Å². The molecule has 0 atom stereocenters. The Balaban J connectivity index is 2.73. The first kappa shape index (κ1) is 8.49. The molecule has 0 N–H and O–H groups in total. The number of halogens is 1. The summed E-state index contributed by atoms with van der Waals surface area (Å²) in [4.78, 5) is 9.81. The molecular formula is C6H6ClNO2S. The van der Waals surface area contributed by atoms with Gasteiger partial charge in [0.05, 0.1) is 4.92 Å². The number of aryl methyl sites for hydroxylation is 1. The largest absolute Gasteiger partial charge is 0.324 e. The Morgan fingerprint density at radius 3 is 2.91 bits per heavy atom. The first-order valence-electron chi connectivity index (χ1n) is 3.02. The van der Waals surface area contributed by atoms with Crippen LogP contribution >= 0.6 is 22.9 Å². The van der Waals surface area contributed by atoms with Crippen LogP contribution in [0.3, 0.4) is 0 Å². The lowest BCUT2D eigenvalue weighted by Gasteiger charge is -1.85. The molecule has 11 heavy (non-hydrogen) atoms. The van der Waals surface area contributed by atoms with Gasteiger partial charge in [0.25, 0.3) is 0 Å². The fraction of sp³-hybridized carbons (Fsp3) is 0.333. The standard InChI is InChI=1S/C6H6ClNO2S/c7-2-1-5-3-6(8(9)10)11-4-5/h3-4H,1-2H2. The molecule has 0 aromatic carbocycles. The number of alkyl halides is 1. The Labute approximate surface area is 72.8 Å². The molecule has 1 heterocycles. The Hall–Kier alpha value is -0.610. The van der Waals surface area contributed by atoms with Crippen molar-refractivity contribution in [3.05, 3.63) is 27.1 Å². The number of rotatable bonds is 3. The highest BCUT2D eigenvalue weighted by Crippen LogP contribution is 2.22.